The van der Waals surface area contributed by atoms with Crippen molar-refractivity contribution in [1.29, 1.82) is 0 Å². The van der Waals surface area contributed by atoms with Gasteiger partial charge in [-0.25, -0.2) is 0 Å². The molecule has 1 saturated carbocycles. The van der Waals surface area contributed by atoms with E-state index in [-0.39, 0.29) is 5.41 Å². The molecule has 2 rings (SSSR count). The number of rotatable bonds is 7. The summed E-state index contributed by atoms with van der Waals surface area (Å²) in [6.07, 6.45) is 7.58. The molecule has 1 N–H and O–H groups in total. The SMILES string of the molecule is CCNC1CC(Oc2cnn(CC)c2)C1(CC)CC. The minimum atomic E-state index is 0.282. The molecule has 1 heterocycles. The third-order valence-electron chi connectivity index (χ3n) is 4.76. The van der Waals surface area contributed by atoms with Gasteiger partial charge in [-0.2, -0.15) is 5.10 Å². The summed E-state index contributed by atoms with van der Waals surface area (Å²) in [4.78, 5) is 0. The molecule has 0 aliphatic heterocycles. The molecule has 0 saturated heterocycles. The molecule has 0 amide bonds. The fourth-order valence-corrected chi connectivity index (χ4v) is 3.39. The van der Waals surface area contributed by atoms with E-state index in [0.717, 1.165) is 38.1 Å². The van der Waals surface area contributed by atoms with Gasteiger partial charge in [0.25, 0.3) is 0 Å². The van der Waals surface area contributed by atoms with Gasteiger partial charge in [0.05, 0.1) is 12.4 Å². The van der Waals surface area contributed by atoms with Crippen LogP contribution in [-0.4, -0.2) is 28.5 Å². The van der Waals surface area contributed by atoms with Gasteiger partial charge in [0.2, 0.25) is 0 Å². The molecule has 0 spiro atoms. The summed E-state index contributed by atoms with van der Waals surface area (Å²) < 4.78 is 8.10. The number of nitrogens with zero attached hydrogens (tertiary/aromatic N) is 2. The Balaban J connectivity index is 2.04. The second-order valence-corrected chi connectivity index (χ2v) is 5.42. The highest BCUT2D eigenvalue weighted by atomic mass is 16.5. The predicted molar refractivity (Wildman–Crippen MR) is 77.4 cm³/mol. The van der Waals surface area contributed by atoms with E-state index in [0.29, 0.717) is 12.1 Å². The zero-order chi connectivity index (χ0) is 13.9. The number of hydrogen-bond acceptors (Lipinski definition) is 3. The second-order valence-electron chi connectivity index (χ2n) is 5.42. The minimum absolute atomic E-state index is 0.282. The van der Waals surface area contributed by atoms with Gasteiger partial charge in [0.1, 0.15) is 6.10 Å². The zero-order valence-corrected chi connectivity index (χ0v) is 12.6. The van der Waals surface area contributed by atoms with Gasteiger partial charge in [-0.3, -0.25) is 4.68 Å². The number of nitrogens with one attached hydrogen (secondary N) is 1. The third-order valence-corrected chi connectivity index (χ3v) is 4.76. The van der Waals surface area contributed by atoms with Crippen LogP contribution in [0.4, 0.5) is 0 Å². The van der Waals surface area contributed by atoms with Crippen molar-refractivity contribution in [3.05, 3.63) is 12.4 Å². The quantitative estimate of drug-likeness (QED) is 0.824. The van der Waals surface area contributed by atoms with Crippen LogP contribution in [0, 0.1) is 5.41 Å². The summed E-state index contributed by atoms with van der Waals surface area (Å²) in [5.74, 6) is 0.910. The van der Waals surface area contributed by atoms with E-state index in [1.165, 1.54) is 0 Å². The van der Waals surface area contributed by atoms with Crippen LogP contribution in [0.2, 0.25) is 0 Å². The third kappa shape index (κ3) is 2.50. The molecule has 4 heteroatoms. The first-order valence-electron chi connectivity index (χ1n) is 7.62. The molecule has 1 aromatic heterocycles. The van der Waals surface area contributed by atoms with Crippen LogP contribution in [0.1, 0.15) is 47.0 Å². The molecule has 1 aromatic rings. The van der Waals surface area contributed by atoms with E-state index < -0.39 is 0 Å². The Kier molecular flexibility index (Phi) is 4.50. The van der Waals surface area contributed by atoms with Crippen molar-refractivity contribution in [3.8, 4) is 5.75 Å². The molecule has 0 radical (unpaired) electrons. The van der Waals surface area contributed by atoms with Gasteiger partial charge >= 0.3 is 0 Å². The maximum absolute atomic E-state index is 6.18. The summed E-state index contributed by atoms with van der Waals surface area (Å²) in [6.45, 7) is 10.7. The summed E-state index contributed by atoms with van der Waals surface area (Å²) in [7, 11) is 0. The molecule has 4 nitrogen and oxygen atoms in total. The highest BCUT2D eigenvalue weighted by Gasteiger charge is 2.53. The molecule has 0 bridgehead atoms. The van der Waals surface area contributed by atoms with Crippen molar-refractivity contribution in [3.63, 3.8) is 0 Å². The van der Waals surface area contributed by atoms with Crippen molar-refractivity contribution in [1.82, 2.24) is 15.1 Å². The maximum atomic E-state index is 6.18. The van der Waals surface area contributed by atoms with Crippen LogP contribution in [0.5, 0.6) is 5.75 Å². The van der Waals surface area contributed by atoms with E-state index in [1.54, 1.807) is 0 Å². The van der Waals surface area contributed by atoms with Gasteiger partial charge in [-0.05, 0) is 26.3 Å². The molecule has 19 heavy (non-hydrogen) atoms. The fourth-order valence-electron chi connectivity index (χ4n) is 3.39. The molecule has 108 valence electrons. The lowest BCUT2D eigenvalue weighted by molar-refractivity contribution is -0.0854. The van der Waals surface area contributed by atoms with Crippen LogP contribution in [-0.2, 0) is 6.54 Å². The fraction of sp³-hybridized carbons (Fsp3) is 0.800. The lowest BCUT2D eigenvalue weighted by atomic mass is 9.58. The van der Waals surface area contributed by atoms with Gasteiger partial charge in [-0.15, -0.1) is 0 Å². The normalized spacial score (nSPS) is 25.1. The van der Waals surface area contributed by atoms with Crippen molar-refractivity contribution in [2.24, 2.45) is 5.41 Å². The topological polar surface area (TPSA) is 39.1 Å². The average Bonchev–Trinajstić information content (AvgIpc) is 2.87. The summed E-state index contributed by atoms with van der Waals surface area (Å²) in [6, 6.07) is 0.596. The van der Waals surface area contributed by atoms with Crippen LogP contribution in [0.3, 0.4) is 0 Å². The predicted octanol–water partition coefficient (Wildman–Crippen LogP) is 2.84. The van der Waals surface area contributed by atoms with Crippen molar-refractivity contribution >= 4 is 0 Å². The van der Waals surface area contributed by atoms with E-state index in [4.69, 9.17) is 4.74 Å². The van der Waals surface area contributed by atoms with E-state index in [1.807, 2.05) is 17.1 Å². The summed E-state index contributed by atoms with van der Waals surface area (Å²) in [5.41, 5.74) is 0.282. The van der Waals surface area contributed by atoms with Gasteiger partial charge in [0, 0.05) is 24.4 Å². The molecule has 2 atom stereocenters. The Bertz CT molecular complexity index is 398. The second kappa shape index (κ2) is 5.95. The Morgan fingerprint density at radius 3 is 2.63 bits per heavy atom. The van der Waals surface area contributed by atoms with Gasteiger partial charge in [-0.1, -0.05) is 20.8 Å². The smallest absolute Gasteiger partial charge is 0.157 e. The number of aryl methyl sites for hydroxylation is 1. The van der Waals surface area contributed by atoms with E-state index in [9.17, 15) is 0 Å². The largest absolute Gasteiger partial charge is 0.486 e. The van der Waals surface area contributed by atoms with Crippen LogP contribution < -0.4 is 10.1 Å². The van der Waals surface area contributed by atoms with Crippen LogP contribution in [0.25, 0.3) is 0 Å². The number of aromatic nitrogens is 2. The van der Waals surface area contributed by atoms with Gasteiger partial charge in [0.15, 0.2) is 5.75 Å². The Hall–Kier alpha value is -1.03. The Morgan fingerprint density at radius 2 is 2.11 bits per heavy atom. The van der Waals surface area contributed by atoms with Crippen molar-refractivity contribution < 1.29 is 4.74 Å². The molecular weight excluding hydrogens is 238 g/mol. The lowest BCUT2D eigenvalue weighted by Gasteiger charge is -2.55. The van der Waals surface area contributed by atoms with Gasteiger partial charge < -0.3 is 10.1 Å². The minimum Gasteiger partial charge on any atom is -0.486 e. The Morgan fingerprint density at radius 1 is 1.37 bits per heavy atom. The number of hydrogen-bond donors (Lipinski definition) is 1. The monoisotopic (exact) mass is 265 g/mol. The highest BCUT2D eigenvalue weighted by molar-refractivity contribution is 5.16. The molecular formula is C15H27N3O. The van der Waals surface area contributed by atoms with E-state index >= 15 is 0 Å². The summed E-state index contributed by atoms with van der Waals surface area (Å²) in [5, 5.41) is 7.88. The molecule has 1 fully saturated rings. The zero-order valence-electron chi connectivity index (χ0n) is 12.6. The van der Waals surface area contributed by atoms with Crippen LogP contribution in [0.15, 0.2) is 12.4 Å². The lowest BCUT2D eigenvalue weighted by Crippen LogP contribution is -2.64. The maximum Gasteiger partial charge on any atom is 0.157 e. The highest BCUT2D eigenvalue weighted by Crippen LogP contribution is 2.48. The van der Waals surface area contributed by atoms with E-state index in [2.05, 4.69) is 38.1 Å². The standard InChI is InChI=1S/C15H27N3O/c1-5-15(6-2)13(16-7-3)9-14(15)19-12-10-17-18(8-4)11-12/h10-11,13-14,16H,5-9H2,1-4H3. The molecule has 0 aromatic carbocycles. The first-order valence-corrected chi connectivity index (χ1v) is 7.62. The Labute approximate surface area is 116 Å². The average molecular weight is 265 g/mol. The molecule has 1 aliphatic carbocycles. The number of ether oxygens (including phenoxy) is 1. The first kappa shape index (κ1) is 14.4. The van der Waals surface area contributed by atoms with Crippen molar-refractivity contribution in [2.75, 3.05) is 6.54 Å². The first-order chi connectivity index (χ1) is 9.20. The summed E-state index contributed by atoms with van der Waals surface area (Å²) >= 11 is 0. The molecule has 1 aliphatic rings. The molecule has 2 unspecified atom stereocenters. The van der Waals surface area contributed by atoms with Crippen LogP contribution >= 0.6 is 0 Å². The van der Waals surface area contributed by atoms with Crippen molar-refractivity contribution in [2.45, 2.75) is 65.6 Å².